The van der Waals surface area contributed by atoms with Crippen LogP contribution in [0.1, 0.15) is 36.8 Å². The Hall–Kier alpha value is -2.85. The van der Waals surface area contributed by atoms with Gasteiger partial charge in [0.05, 0.1) is 11.5 Å². The van der Waals surface area contributed by atoms with Gasteiger partial charge in [-0.3, -0.25) is 9.59 Å². The van der Waals surface area contributed by atoms with Crippen molar-refractivity contribution in [2.45, 2.75) is 31.7 Å². The number of primary amides is 1. The summed E-state index contributed by atoms with van der Waals surface area (Å²) >= 11 is 1.34. The van der Waals surface area contributed by atoms with Crippen LogP contribution in [-0.2, 0) is 9.59 Å². The summed E-state index contributed by atoms with van der Waals surface area (Å²) < 4.78 is 0. The number of anilines is 2. The number of para-hydroxylation sites is 1. The number of thiophene rings is 1. The molecule has 2 heterocycles. The molecule has 3 N–H and O–H groups in total. The van der Waals surface area contributed by atoms with Crippen molar-refractivity contribution in [2.75, 3.05) is 16.8 Å². The monoisotopic (exact) mass is 368 g/mol. The largest absolute Gasteiger partial charge is 0.369 e. The maximum absolute atomic E-state index is 12.3. The lowest BCUT2D eigenvalue weighted by atomic mass is 9.85. The molecule has 0 spiro atoms. The zero-order chi connectivity index (χ0) is 18.7. The Morgan fingerprint density at radius 3 is 2.88 bits per heavy atom. The van der Waals surface area contributed by atoms with Gasteiger partial charge >= 0.3 is 0 Å². The molecule has 3 rings (SSSR count). The summed E-state index contributed by atoms with van der Waals surface area (Å²) in [6.45, 7) is 2.57. The number of fused-ring (bicyclic) bond motifs is 1. The summed E-state index contributed by atoms with van der Waals surface area (Å²) in [6, 6.07) is 11.6. The van der Waals surface area contributed by atoms with Gasteiger partial charge in [0.15, 0.2) is 0 Å². The third-order valence-electron chi connectivity index (χ3n) is 4.69. The van der Waals surface area contributed by atoms with Crippen molar-refractivity contribution >= 4 is 33.8 Å². The third kappa shape index (κ3) is 3.55. The van der Waals surface area contributed by atoms with Crippen LogP contribution in [0.3, 0.4) is 0 Å². The molecule has 1 aromatic heterocycles. The minimum absolute atomic E-state index is 0.103. The molecule has 2 atom stereocenters. The average Bonchev–Trinajstić information content (AvgIpc) is 3.07. The lowest BCUT2D eigenvalue weighted by Crippen LogP contribution is -2.43. The van der Waals surface area contributed by atoms with E-state index in [1.165, 1.54) is 11.3 Å². The predicted octanol–water partition coefficient (Wildman–Crippen LogP) is 2.82. The second kappa shape index (κ2) is 7.58. The van der Waals surface area contributed by atoms with Crippen molar-refractivity contribution in [3.8, 4) is 6.07 Å². The molecule has 0 fully saturated rings. The molecule has 0 saturated heterocycles. The van der Waals surface area contributed by atoms with Gasteiger partial charge in [-0.2, -0.15) is 5.26 Å². The van der Waals surface area contributed by atoms with Crippen molar-refractivity contribution in [1.82, 2.24) is 0 Å². The van der Waals surface area contributed by atoms with Gasteiger partial charge in [-0.15, -0.1) is 11.3 Å². The van der Waals surface area contributed by atoms with E-state index in [1.54, 1.807) is 11.4 Å². The average molecular weight is 368 g/mol. The smallest absolute Gasteiger partial charge is 0.226 e. The number of hydrogen-bond acceptors (Lipinski definition) is 5. The zero-order valence-electron chi connectivity index (χ0n) is 14.4. The summed E-state index contributed by atoms with van der Waals surface area (Å²) in [5.74, 6) is -0.746. The van der Waals surface area contributed by atoms with Gasteiger partial charge in [0, 0.05) is 24.7 Å². The molecule has 0 saturated carbocycles. The Bertz CT molecular complexity index is 870. The molecule has 7 heteroatoms. The van der Waals surface area contributed by atoms with E-state index >= 15 is 0 Å². The second-order valence-electron chi connectivity index (χ2n) is 6.37. The van der Waals surface area contributed by atoms with Crippen molar-refractivity contribution in [1.29, 1.82) is 5.26 Å². The molecule has 6 nitrogen and oxygen atoms in total. The van der Waals surface area contributed by atoms with Gasteiger partial charge in [0.1, 0.15) is 11.1 Å². The van der Waals surface area contributed by atoms with Crippen LogP contribution in [0, 0.1) is 11.3 Å². The number of amides is 2. The normalized spacial score (nSPS) is 18.7. The summed E-state index contributed by atoms with van der Waals surface area (Å²) in [6.07, 6.45) is 0.931. The van der Waals surface area contributed by atoms with Crippen LogP contribution >= 0.6 is 11.3 Å². The maximum atomic E-state index is 12.3. The summed E-state index contributed by atoms with van der Waals surface area (Å²) in [7, 11) is 0. The van der Waals surface area contributed by atoms with Gasteiger partial charge in [-0.1, -0.05) is 18.2 Å². The molecule has 1 aliphatic rings. The molecule has 0 bridgehead atoms. The first-order valence-electron chi connectivity index (χ1n) is 8.43. The van der Waals surface area contributed by atoms with E-state index in [0.717, 1.165) is 11.3 Å². The molecule has 0 radical (unpaired) electrons. The molecule has 26 heavy (non-hydrogen) atoms. The fraction of sp³-hybridized carbons (Fsp3) is 0.316. The van der Waals surface area contributed by atoms with Gasteiger partial charge in [0.2, 0.25) is 11.8 Å². The Labute approximate surface area is 156 Å². The van der Waals surface area contributed by atoms with Gasteiger partial charge in [-0.25, -0.2) is 0 Å². The highest BCUT2D eigenvalue weighted by Crippen LogP contribution is 2.38. The van der Waals surface area contributed by atoms with Crippen molar-refractivity contribution in [3.63, 3.8) is 0 Å². The van der Waals surface area contributed by atoms with Gasteiger partial charge in [-0.05, 0) is 36.4 Å². The molecular formula is C19H20N4O2S. The maximum Gasteiger partial charge on any atom is 0.226 e. The van der Waals surface area contributed by atoms with E-state index in [2.05, 4.69) is 16.3 Å². The van der Waals surface area contributed by atoms with Crippen LogP contribution in [0.2, 0.25) is 0 Å². The van der Waals surface area contributed by atoms with Crippen LogP contribution in [0.4, 0.5) is 10.7 Å². The van der Waals surface area contributed by atoms with Crippen LogP contribution < -0.4 is 16.0 Å². The minimum atomic E-state index is -0.316. The number of carbonyl (C=O) groups excluding carboxylic acids is 2. The van der Waals surface area contributed by atoms with E-state index < -0.39 is 0 Å². The van der Waals surface area contributed by atoms with E-state index in [0.29, 0.717) is 30.0 Å². The summed E-state index contributed by atoms with van der Waals surface area (Å²) in [5.41, 5.74) is 7.92. The fourth-order valence-electron chi connectivity index (χ4n) is 3.39. The molecule has 1 aromatic carbocycles. The van der Waals surface area contributed by atoms with Crippen molar-refractivity contribution < 1.29 is 9.59 Å². The van der Waals surface area contributed by atoms with E-state index in [4.69, 9.17) is 11.0 Å². The van der Waals surface area contributed by atoms with Crippen LogP contribution in [-0.4, -0.2) is 24.4 Å². The molecule has 0 unspecified atom stereocenters. The van der Waals surface area contributed by atoms with E-state index in [1.807, 2.05) is 31.2 Å². The number of nitriles is 1. The number of nitrogens with one attached hydrogen (secondary N) is 1. The number of hydrogen-bond donors (Lipinski definition) is 2. The van der Waals surface area contributed by atoms with E-state index in [-0.39, 0.29) is 23.8 Å². The second-order valence-corrected chi connectivity index (χ2v) is 7.28. The predicted molar refractivity (Wildman–Crippen MR) is 102 cm³/mol. The number of benzene rings is 1. The lowest BCUT2D eigenvalue weighted by Gasteiger charge is -2.40. The summed E-state index contributed by atoms with van der Waals surface area (Å²) in [5, 5.41) is 14.2. The first-order chi connectivity index (χ1) is 12.5. The third-order valence-corrected chi connectivity index (χ3v) is 5.52. The highest BCUT2D eigenvalue weighted by Gasteiger charge is 2.32. The standard InChI is InChI=1S/C19H20N4O2S/c1-12-10-15(18(21)25)14-4-2-3-5-16(14)23(12)8-6-17(24)22-19-13(11-20)7-9-26-19/h2-5,7,9,12,15H,6,8,10H2,1H3,(H2,21,25)(H,22,24)/t12-,15-/m1/s1. The Morgan fingerprint density at radius 1 is 1.38 bits per heavy atom. The Morgan fingerprint density at radius 2 is 2.15 bits per heavy atom. The molecule has 0 aliphatic carbocycles. The summed E-state index contributed by atoms with van der Waals surface area (Å²) in [4.78, 5) is 26.2. The Kier molecular flexibility index (Phi) is 5.24. The fourth-order valence-corrected chi connectivity index (χ4v) is 4.15. The molecule has 1 aliphatic heterocycles. The van der Waals surface area contributed by atoms with Crippen molar-refractivity contribution in [3.05, 3.63) is 46.8 Å². The van der Waals surface area contributed by atoms with Crippen LogP contribution in [0.15, 0.2) is 35.7 Å². The lowest BCUT2D eigenvalue weighted by molar-refractivity contribution is -0.120. The first-order valence-corrected chi connectivity index (χ1v) is 9.31. The SMILES string of the molecule is C[C@@H]1C[C@@H](C(N)=O)c2ccccc2N1CCC(=O)Nc1sccc1C#N. The van der Waals surface area contributed by atoms with Crippen molar-refractivity contribution in [2.24, 2.45) is 5.73 Å². The first kappa shape index (κ1) is 18.0. The topological polar surface area (TPSA) is 99.2 Å². The minimum Gasteiger partial charge on any atom is -0.369 e. The van der Waals surface area contributed by atoms with Gasteiger partial charge < -0.3 is 16.0 Å². The zero-order valence-corrected chi connectivity index (χ0v) is 15.3. The van der Waals surface area contributed by atoms with Crippen LogP contribution in [0.5, 0.6) is 0 Å². The highest BCUT2D eigenvalue weighted by molar-refractivity contribution is 7.14. The molecular weight excluding hydrogens is 348 g/mol. The Balaban J connectivity index is 1.71. The number of nitrogens with zero attached hydrogens (tertiary/aromatic N) is 2. The molecule has 134 valence electrons. The van der Waals surface area contributed by atoms with E-state index in [9.17, 15) is 9.59 Å². The molecule has 2 aromatic rings. The quantitative estimate of drug-likeness (QED) is 0.847. The van der Waals surface area contributed by atoms with Crippen LogP contribution in [0.25, 0.3) is 0 Å². The van der Waals surface area contributed by atoms with Gasteiger partial charge in [0.25, 0.3) is 0 Å². The number of carbonyl (C=O) groups is 2. The number of nitrogens with two attached hydrogens (primary N) is 1. The highest BCUT2D eigenvalue weighted by atomic mass is 32.1. The molecule has 2 amide bonds. The number of rotatable bonds is 5.